The summed E-state index contributed by atoms with van der Waals surface area (Å²) in [6.07, 6.45) is 10.1. The number of rotatable bonds is 7. The van der Waals surface area contributed by atoms with Gasteiger partial charge in [0.2, 0.25) is 0 Å². The molecule has 1 saturated carbocycles. The molecule has 0 amide bonds. The summed E-state index contributed by atoms with van der Waals surface area (Å²) >= 11 is 0. The summed E-state index contributed by atoms with van der Waals surface area (Å²) in [5, 5.41) is 0. The molecule has 2 heteroatoms. The molecule has 22 heavy (non-hydrogen) atoms. The van der Waals surface area contributed by atoms with E-state index >= 15 is 0 Å². The molecule has 0 heterocycles. The van der Waals surface area contributed by atoms with Crippen molar-refractivity contribution >= 4 is 0 Å². The van der Waals surface area contributed by atoms with Crippen LogP contribution in [0.15, 0.2) is 12.1 Å². The van der Waals surface area contributed by atoms with Gasteiger partial charge in [0.25, 0.3) is 0 Å². The number of aryl methyl sites for hydroxylation is 1. The molecule has 1 aromatic carbocycles. The molecule has 1 aliphatic rings. The van der Waals surface area contributed by atoms with E-state index < -0.39 is 0 Å². The Bertz CT molecular complexity index is 438. The van der Waals surface area contributed by atoms with Crippen molar-refractivity contribution in [1.82, 2.24) is 0 Å². The highest BCUT2D eigenvalue weighted by Crippen LogP contribution is 2.34. The van der Waals surface area contributed by atoms with Crippen LogP contribution < -0.4 is 4.74 Å². The SMILES string of the molecule is CCCC1CCC(CCc2c(C)cc(OCC)cc2F)CC1. The number of hydrogen-bond donors (Lipinski definition) is 0. The van der Waals surface area contributed by atoms with Crippen molar-refractivity contribution in [2.75, 3.05) is 6.61 Å². The quantitative estimate of drug-likeness (QED) is 0.594. The van der Waals surface area contributed by atoms with Crippen LogP contribution in [0.2, 0.25) is 0 Å². The van der Waals surface area contributed by atoms with E-state index in [0.29, 0.717) is 12.4 Å². The molecule has 0 bridgehead atoms. The highest BCUT2D eigenvalue weighted by atomic mass is 19.1. The molecule has 1 fully saturated rings. The smallest absolute Gasteiger partial charge is 0.130 e. The first-order valence-corrected chi connectivity index (χ1v) is 9.05. The molecular formula is C20H31FO. The summed E-state index contributed by atoms with van der Waals surface area (Å²) in [7, 11) is 0. The minimum Gasteiger partial charge on any atom is -0.494 e. The third-order valence-electron chi connectivity index (χ3n) is 5.17. The van der Waals surface area contributed by atoms with Gasteiger partial charge in [0, 0.05) is 6.07 Å². The molecule has 0 radical (unpaired) electrons. The van der Waals surface area contributed by atoms with Crippen molar-refractivity contribution in [1.29, 1.82) is 0 Å². The predicted molar refractivity (Wildman–Crippen MR) is 91.0 cm³/mol. The van der Waals surface area contributed by atoms with Gasteiger partial charge in [-0.1, -0.05) is 45.4 Å². The monoisotopic (exact) mass is 306 g/mol. The molecule has 0 aliphatic heterocycles. The van der Waals surface area contributed by atoms with Crippen molar-refractivity contribution in [3.63, 3.8) is 0 Å². The molecule has 1 aromatic rings. The Morgan fingerprint density at radius 2 is 1.68 bits per heavy atom. The van der Waals surface area contributed by atoms with Crippen LogP contribution in [-0.4, -0.2) is 6.61 Å². The van der Waals surface area contributed by atoms with E-state index in [-0.39, 0.29) is 5.82 Å². The lowest BCUT2D eigenvalue weighted by Gasteiger charge is -2.28. The van der Waals surface area contributed by atoms with E-state index in [2.05, 4.69) is 6.92 Å². The molecule has 0 saturated heterocycles. The van der Waals surface area contributed by atoms with E-state index in [1.54, 1.807) is 6.07 Å². The van der Waals surface area contributed by atoms with Gasteiger partial charge >= 0.3 is 0 Å². The second-order valence-corrected chi connectivity index (χ2v) is 6.85. The first kappa shape index (κ1) is 17.3. The molecule has 0 aromatic heterocycles. The van der Waals surface area contributed by atoms with Crippen molar-refractivity contribution < 1.29 is 9.13 Å². The second kappa shape index (κ2) is 8.55. The van der Waals surface area contributed by atoms with Crippen LogP contribution in [0.4, 0.5) is 4.39 Å². The highest BCUT2D eigenvalue weighted by Gasteiger charge is 2.21. The van der Waals surface area contributed by atoms with Crippen molar-refractivity contribution in [3.8, 4) is 5.75 Å². The van der Waals surface area contributed by atoms with Gasteiger partial charge in [0.05, 0.1) is 6.61 Å². The van der Waals surface area contributed by atoms with Crippen LogP contribution in [0, 0.1) is 24.6 Å². The van der Waals surface area contributed by atoms with Gasteiger partial charge in [-0.2, -0.15) is 0 Å². The lowest BCUT2D eigenvalue weighted by molar-refractivity contribution is 0.251. The van der Waals surface area contributed by atoms with E-state index in [0.717, 1.165) is 35.8 Å². The third kappa shape index (κ3) is 4.72. The van der Waals surface area contributed by atoms with Gasteiger partial charge < -0.3 is 4.74 Å². The lowest BCUT2D eigenvalue weighted by Crippen LogP contribution is -2.15. The molecule has 0 spiro atoms. The van der Waals surface area contributed by atoms with Crippen LogP contribution in [0.3, 0.4) is 0 Å². The van der Waals surface area contributed by atoms with Crippen molar-refractivity contribution in [3.05, 3.63) is 29.1 Å². The third-order valence-corrected chi connectivity index (χ3v) is 5.17. The van der Waals surface area contributed by atoms with Crippen LogP contribution in [0.5, 0.6) is 5.75 Å². The van der Waals surface area contributed by atoms with Crippen LogP contribution >= 0.6 is 0 Å². The average Bonchev–Trinajstić information content (AvgIpc) is 2.49. The Hall–Kier alpha value is -1.05. The highest BCUT2D eigenvalue weighted by molar-refractivity contribution is 5.36. The Morgan fingerprint density at radius 1 is 1.05 bits per heavy atom. The first-order chi connectivity index (χ1) is 10.6. The Kier molecular flexibility index (Phi) is 6.72. The van der Waals surface area contributed by atoms with Gasteiger partial charge in [-0.15, -0.1) is 0 Å². The zero-order valence-corrected chi connectivity index (χ0v) is 14.5. The summed E-state index contributed by atoms with van der Waals surface area (Å²) in [4.78, 5) is 0. The molecule has 2 rings (SSSR count). The standard InChI is InChI=1S/C20H31FO/c1-4-6-16-7-9-17(10-8-16)11-12-19-15(3)13-18(22-5-2)14-20(19)21/h13-14,16-17H,4-12H2,1-3H3. The average molecular weight is 306 g/mol. The zero-order chi connectivity index (χ0) is 15.9. The van der Waals surface area contributed by atoms with Crippen LogP contribution in [0.25, 0.3) is 0 Å². The fraction of sp³-hybridized carbons (Fsp3) is 0.700. The lowest BCUT2D eigenvalue weighted by atomic mass is 9.78. The Balaban J connectivity index is 1.87. The molecule has 0 N–H and O–H groups in total. The van der Waals surface area contributed by atoms with Crippen molar-refractivity contribution in [2.24, 2.45) is 11.8 Å². The van der Waals surface area contributed by atoms with Gasteiger partial charge in [0.15, 0.2) is 0 Å². The van der Waals surface area contributed by atoms with Crippen molar-refractivity contribution in [2.45, 2.75) is 72.1 Å². The maximum atomic E-state index is 14.3. The molecule has 124 valence electrons. The van der Waals surface area contributed by atoms with E-state index in [1.807, 2.05) is 19.9 Å². The maximum absolute atomic E-state index is 14.3. The van der Waals surface area contributed by atoms with Gasteiger partial charge in [-0.05, 0) is 55.7 Å². The molecule has 1 nitrogen and oxygen atoms in total. The van der Waals surface area contributed by atoms with Gasteiger partial charge in [-0.3, -0.25) is 0 Å². The molecule has 0 atom stereocenters. The summed E-state index contributed by atoms with van der Waals surface area (Å²) in [6.45, 7) is 6.79. The summed E-state index contributed by atoms with van der Waals surface area (Å²) in [5.74, 6) is 2.30. The Morgan fingerprint density at radius 3 is 2.23 bits per heavy atom. The summed E-state index contributed by atoms with van der Waals surface area (Å²) in [5.41, 5.74) is 1.92. The van der Waals surface area contributed by atoms with E-state index in [1.165, 1.54) is 38.5 Å². The fourth-order valence-corrected chi connectivity index (χ4v) is 3.87. The molecular weight excluding hydrogens is 275 g/mol. The normalized spacial score (nSPS) is 21.8. The summed E-state index contributed by atoms with van der Waals surface area (Å²) < 4.78 is 19.7. The topological polar surface area (TPSA) is 9.23 Å². The minimum atomic E-state index is -0.0943. The van der Waals surface area contributed by atoms with E-state index in [9.17, 15) is 4.39 Å². The van der Waals surface area contributed by atoms with Gasteiger partial charge in [0.1, 0.15) is 11.6 Å². The zero-order valence-electron chi connectivity index (χ0n) is 14.5. The first-order valence-electron chi connectivity index (χ1n) is 9.05. The number of benzene rings is 1. The second-order valence-electron chi connectivity index (χ2n) is 6.85. The number of hydrogen-bond acceptors (Lipinski definition) is 1. The molecule has 0 unspecified atom stereocenters. The Labute approximate surface area is 135 Å². The maximum Gasteiger partial charge on any atom is 0.130 e. The molecule has 1 aliphatic carbocycles. The van der Waals surface area contributed by atoms with Crippen LogP contribution in [0.1, 0.15) is 69.9 Å². The largest absolute Gasteiger partial charge is 0.494 e. The summed E-state index contributed by atoms with van der Waals surface area (Å²) in [6, 6.07) is 3.52. The predicted octanol–water partition coefficient (Wildman–Crippen LogP) is 6.07. The fourth-order valence-electron chi connectivity index (χ4n) is 3.87. The van der Waals surface area contributed by atoms with E-state index in [4.69, 9.17) is 4.74 Å². The minimum absolute atomic E-state index is 0.0943. The number of ether oxygens (including phenoxy) is 1. The number of halogens is 1. The van der Waals surface area contributed by atoms with Crippen LogP contribution in [-0.2, 0) is 6.42 Å². The van der Waals surface area contributed by atoms with Gasteiger partial charge in [-0.25, -0.2) is 4.39 Å².